The van der Waals surface area contributed by atoms with Crippen LogP contribution in [0.15, 0.2) is 24.3 Å². The van der Waals surface area contributed by atoms with Crippen molar-refractivity contribution >= 4 is 5.91 Å². The summed E-state index contributed by atoms with van der Waals surface area (Å²) in [6, 6.07) is 7.70. The number of carbonyl (C=O) groups is 1. The van der Waals surface area contributed by atoms with Crippen molar-refractivity contribution in [1.29, 1.82) is 0 Å². The Hall–Kier alpha value is -1.51. The molecule has 0 radical (unpaired) electrons. The van der Waals surface area contributed by atoms with Crippen LogP contribution in [0.3, 0.4) is 0 Å². The van der Waals surface area contributed by atoms with Crippen LogP contribution in [0.1, 0.15) is 36.0 Å². The second-order valence-electron chi connectivity index (χ2n) is 5.48. The van der Waals surface area contributed by atoms with E-state index in [1.165, 1.54) is 25.7 Å². The van der Waals surface area contributed by atoms with Gasteiger partial charge in [0.1, 0.15) is 5.75 Å². The van der Waals surface area contributed by atoms with Crippen LogP contribution in [0.5, 0.6) is 5.75 Å². The number of amides is 1. The molecule has 0 spiro atoms. The quantitative estimate of drug-likeness (QED) is 0.889. The number of hydrogen-bond donors (Lipinski definition) is 1. The van der Waals surface area contributed by atoms with Gasteiger partial charge in [0.25, 0.3) is 5.91 Å². The lowest BCUT2D eigenvalue weighted by Gasteiger charge is -2.22. The average Bonchev–Trinajstić information content (AvgIpc) is 3.01. The zero-order valence-corrected chi connectivity index (χ0v) is 10.7. The number of ether oxygens (including phenoxy) is 1. The van der Waals surface area contributed by atoms with E-state index in [0.29, 0.717) is 6.04 Å². The minimum absolute atomic E-state index is 0.0511. The fourth-order valence-electron chi connectivity index (χ4n) is 3.42. The molecule has 2 aliphatic carbocycles. The van der Waals surface area contributed by atoms with Gasteiger partial charge in [0.05, 0.1) is 7.11 Å². The lowest BCUT2D eigenvalue weighted by atomic mass is 9.95. The molecule has 1 amide bonds. The molecule has 3 heteroatoms. The molecule has 0 saturated heterocycles. The molecule has 2 saturated carbocycles. The van der Waals surface area contributed by atoms with Gasteiger partial charge in [-0.25, -0.2) is 0 Å². The van der Waals surface area contributed by atoms with Gasteiger partial charge in [0, 0.05) is 11.6 Å². The number of fused-ring (bicyclic) bond motifs is 2. The van der Waals surface area contributed by atoms with Crippen molar-refractivity contribution in [3.63, 3.8) is 0 Å². The van der Waals surface area contributed by atoms with Crippen LogP contribution in [-0.2, 0) is 0 Å². The molecule has 2 fully saturated rings. The zero-order valence-electron chi connectivity index (χ0n) is 10.7. The van der Waals surface area contributed by atoms with Crippen LogP contribution in [-0.4, -0.2) is 19.1 Å². The van der Waals surface area contributed by atoms with Gasteiger partial charge in [-0.1, -0.05) is 6.42 Å². The summed E-state index contributed by atoms with van der Waals surface area (Å²) in [7, 11) is 1.63. The molecule has 3 rings (SSSR count). The van der Waals surface area contributed by atoms with E-state index in [2.05, 4.69) is 5.32 Å². The van der Waals surface area contributed by atoms with Crippen molar-refractivity contribution in [2.75, 3.05) is 7.11 Å². The average molecular weight is 245 g/mol. The molecule has 3 nitrogen and oxygen atoms in total. The summed E-state index contributed by atoms with van der Waals surface area (Å²) in [5.41, 5.74) is 0.721. The van der Waals surface area contributed by atoms with Crippen molar-refractivity contribution in [2.45, 2.75) is 31.7 Å². The Morgan fingerprint density at radius 3 is 2.56 bits per heavy atom. The fourth-order valence-corrected chi connectivity index (χ4v) is 3.42. The van der Waals surface area contributed by atoms with Gasteiger partial charge >= 0.3 is 0 Å². The van der Waals surface area contributed by atoms with Crippen molar-refractivity contribution in [1.82, 2.24) is 5.32 Å². The highest BCUT2D eigenvalue weighted by atomic mass is 16.5. The van der Waals surface area contributed by atoms with Crippen LogP contribution < -0.4 is 10.1 Å². The maximum Gasteiger partial charge on any atom is 0.251 e. The van der Waals surface area contributed by atoms with Crippen LogP contribution >= 0.6 is 0 Å². The zero-order chi connectivity index (χ0) is 12.5. The topological polar surface area (TPSA) is 38.3 Å². The third-order valence-corrected chi connectivity index (χ3v) is 4.41. The highest BCUT2D eigenvalue weighted by Gasteiger charge is 2.40. The molecule has 18 heavy (non-hydrogen) atoms. The summed E-state index contributed by atoms with van der Waals surface area (Å²) < 4.78 is 5.09. The van der Waals surface area contributed by atoms with Gasteiger partial charge in [-0.15, -0.1) is 0 Å². The van der Waals surface area contributed by atoms with Gasteiger partial charge in [0.2, 0.25) is 0 Å². The smallest absolute Gasteiger partial charge is 0.251 e. The van der Waals surface area contributed by atoms with Gasteiger partial charge in [-0.2, -0.15) is 0 Å². The molecule has 0 aliphatic heterocycles. The summed E-state index contributed by atoms with van der Waals surface area (Å²) in [6.45, 7) is 0. The maximum atomic E-state index is 12.1. The number of nitrogens with one attached hydrogen (secondary N) is 1. The normalized spacial score (nSPS) is 29.3. The minimum atomic E-state index is 0.0511. The summed E-state index contributed by atoms with van der Waals surface area (Å²) in [5, 5.41) is 3.18. The molecule has 1 aromatic carbocycles. The Kier molecular flexibility index (Phi) is 2.98. The molecule has 1 N–H and O–H groups in total. The van der Waals surface area contributed by atoms with Crippen LogP contribution in [0.25, 0.3) is 0 Å². The van der Waals surface area contributed by atoms with E-state index in [0.717, 1.165) is 23.1 Å². The third-order valence-electron chi connectivity index (χ3n) is 4.41. The first-order valence-corrected chi connectivity index (χ1v) is 6.71. The summed E-state index contributed by atoms with van der Waals surface area (Å²) >= 11 is 0. The monoisotopic (exact) mass is 245 g/mol. The van der Waals surface area contributed by atoms with E-state index < -0.39 is 0 Å². The SMILES string of the molecule is COc1ccc(C(=O)N[C@@H]2C[C@H]3CC[C@H]2C3)cc1. The first-order chi connectivity index (χ1) is 8.76. The number of rotatable bonds is 3. The van der Waals surface area contributed by atoms with Gasteiger partial charge < -0.3 is 10.1 Å². The van der Waals surface area contributed by atoms with Crippen molar-refractivity contribution in [2.24, 2.45) is 11.8 Å². The Morgan fingerprint density at radius 1 is 1.22 bits per heavy atom. The van der Waals surface area contributed by atoms with E-state index in [1.807, 2.05) is 24.3 Å². The Balaban J connectivity index is 1.64. The second kappa shape index (κ2) is 4.63. The molecule has 2 bridgehead atoms. The number of methoxy groups -OCH3 is 1. The van der Waals surface area contributed by atoms with E-state index in [-0.39, 0.29) is 5.91 Å². The number of benzene rings is 1. The van der Waals surface area contributed by atoms with Gasteiger partial charge in [0.15, 0.2) is 0 Å². The molecular formula is C15H19NO2. The predicted molar refractivity (Wildman–Crippen MR) is 69.7 cm³/mol. The highest BCUT2D eigenvalue weighted by molar-refractivity contribution is 5.94. The van der Waals surface area contributed by atoms with Gasteiger partial charge in [-0.05, 0) is 55.4 Å². The van der Waals surface area contributed by atoms with E-state index in [1.54, 1.807) is 7.11 Å². The van der Waals surface area contributed by atoms with Crippen molar-refractivity contribution in [3.8, 4) is 5.75 Å². The number of hydrogen-bond acceptors (Lipinski definition) is 2. The fraction of sp³-hybridized carbons (Fsp3) is 0.533. The summed E-state index contributed by atoms with van der Waals surface area (Å²) in [4.78, 5) is 12.1. The molecule has 2 aliphatic rings. The first-order valence-electron chi connectivity index (χ1n) is 6.71. The molecule has 0 unspecified atom stereocenters. The lowest BCUT2D eigenvalue weighted by molar-refractivity contribution is 0.0923. The van der Waals surface area contributed by atoms with Gasteiger partial charge in [-0.3, -0.25) is 4.79 Å². The van der Waals surface area contributed by atoms with Crippen LogP contribution in [0.4, 0.5) is 0 Å². The van der Waals surface area contributed by atoms with Crippen LogP contribution in [0, 0.1) is 11.8 Å². The molecule has 0 aromatic heterocycles. The van der Waals surface area contributed by atoms with Crippen LogP contribution in [0.2, 0.25) is 0 Å². The van der Waals surface area contributed by atoms with E-state index in [4.69, 9.17) is 4.74 Å². The second-order valence-corrected chi connectivity index (χ2v) is 5.48. The molecule has 96 valence electrons. The first kappa shape index (κ1) is 11.6. The largest absolute Gasteiger partial charge is 0.497 e. The Bertz CT molecular complexity index is 440. The number of carbonyl (C=O) groups excluding carboxylic acids is 1. The molecule has 3 atom stereocenters. The molecule has 0 heterocycles. The Morgan fingerprint density at radius 2 is 2.00 bits per heavy atom. The molecular weight excluding hydrogens is 226 g/mol. The summed E-state index contributed by atoms with van der Waals surface area (Å²) in [6.07, 6.45) is 5.14. The van der Waals surface area contributed by atoms with E-state index in [9.17, 15) is 4.79 Å². The van der Waals surface area contributed by atoms with E-state index >= 15 is 0 Å². The summed E-state index contributed by atoms with van der Waals surface area (Å²) in [5.74, 6) is 2.41. The lowest BCUT2D eigenvalue weighted by Crippen LogP contribution is -2.38. The Labute approximate surface area is 108 Å². The minimum Gasteiger partial charge on any atom is -0.497 e. The maximum absolute atomic E-state index is 12.1. The predicted octanol–water partition coefficient (Wildman–Crippen LogP) is 2.61. The highest BCUT2D eigenvalue weighted by Crippen LogP contribution is 2.44. The molecule has 1 aromatic rings. The van der Waals surface area contributed by atoms with Crippen molar-refractivity contribution < 1.29 is 9.53 Å². The van der Waals surface area contributed by atoms with Crippen molar-refractivity contribution in [3.05, 3.63) is 29.8 Å². The third kappa shape index (κ3) is 2.09. The standard InChI is InChI=1S/C15H19NO2/c1-18-13-6-4-11(5-7-13)15(17)16-14-9-10-2-3-12(14)8-10/h4-7,10,12,14H,2-3,8-9H2,1H3,(H,16,17)/t10-,12-,14+/m0/s1.